The molecule has 6 heteroatoms. The molecule has 0 aliphatic carbocycles. The lowest BCUT2D eigenvalue weighted by Crippen LogP contribution is -2.42. The maximum atomic E-state index is 13.3. The van der Waals surface area contributed by atoms with Crippen molar-refractivity contribution in [1.29, 1.82) is 0 Å². The molecular weight excluding hydrogens is 265 g/mol. The zero-order chi connectivity index (χ0) is 14.7. The van der Waals surface area contributed by atoms with Crippen molar-refractivity contribution in [2.75, 3.05) is 20.2 Å². The van der Waals surface area contributed by atoms with E-state index in [0.29, 0.717) is 24.9 Å². The van der Waals surface area contributed by atoms with E-state index in [1.165, 1.54) is 30.2 Å². The van der Waals surface area contributed by atoms with Gasteiger partial charge in [-0.15, -0.1) is 0 Å². The van der Waals surface area contributed by atoms with Gasteiger partial charge in [0.05, 0.1) is 13.0 Å². The van der Waals surface area contributed by atoms with Crippen LogP contribution in [0.1, 0.15) is 23.2 Å². The normalized spacial score (nSPS) is 18.7. The number of ether oxygens (including phenoxy) is 1. The summed E-state index contributed by atoms with van der Waals surface area (Å²) in [6.07, 6.45) is 1.23. The van der Waals surface area contributed by atoms with Gasteiger partial charge in [-0.3, -0.25) is 9.59 Å². The van der Waals surface area contributed by atoms with Crippen molar-refractivity contribution < 1.29 is 23.8 Å². The lowest BCUT2D eigenvalue weighted by Gasteiger charge is -2.30. The van der Waals surface area contributed by atoms with Crippen LogP contribution in [0.2, 0.25) is 0 Å². The number of hydrogen-bond donors (Lipinski definition) is 1. The molecule has 108 valence electrons. The molecule has 1 aromatic rings. The highest BCUT2D eigenvalue weighted by molar-refractivity contribution is 5.95. The highest BCUT2D eigenvalue weighted by Gasteiger charge is 2.28. The second kappa shape index (κ2) is 5.90. The highest BCUT2D eigenvalue weighted by atomic mass is 19.1. The first-order valence-electron chi connectivity index (χ1n) is 6.38. The van der Waals surface area contributed by atoms with Crippen LogP contribution in [0.15, 0.2) is 18.2 Å². The van der Waals surface area contributed by atoms with Gasteiger partial charge in [0, 0.05) is 18.7 Å². The van der Waals surface area contributed by atoms with Crippen molar-refractivity contribution >= 4 is 11.9 Å². The molecule has 1 fully saturated rings. The van der Waals surface area contributed by atoms with E-state index in [1.807, 2.05) is 0 Å². The van der Waals surface area contributed by atoms with Crippen LogP contribution in [0.25, 0.3) is 0 Å². The Bertz CT molecular complexity index is 532. The Labute approximate surface area is 116 Å². The van der Waals surface area contributed by atoms with Gasteiger partial charge in [-0.1, -0.05) is 0 Å². The number of carboxylic acids is 1. The lowest BCUT2D eigenvalue weighted by molar-refractivity contribution is -0.143. The zero-order valence-electron chi connectivity index (χ0n) is 11.1. The van der Waals surface area contributed by atoms with Gasteiger partial charge in [0.15, 0.2) is 11.6 Å². The molecule has 0 aromatic heterocycles. The fourth-order valence-electron chi connectivity index (χ4n) is 2.34. The minimum Gasteiger partial charge on any atom is -0.494 e. The van der Waals surface area contributed by atoms with E-state index in [1.54, 1.807) is 0 Å². The first kappa shape index (κ1) is 14.3. The molecule has 0 radical (unpaired) electrons. The molecule has 1 amide bonds. The van der Waals surface area contributed by atoms with Crippen molar-refractivity contribution in [3.63, 3.8) is 0 Å². The molecule has 5 nitrogen and oxygen atoms in total. The standard InChI is InChI=1S/C14H16FNO4/c1-20-12-7-9(4-5-11(12)15)13(17)16-6-2-3-10(8-16)14(18)19/h4-5,7,10H,2-3,6,8H2,1H3,(H,18,19)/t10-/m0/s1. The maximum absolute atomic E-state index is 13.3. The summed E-state index contributed by atoms with van der Waals surface area (Å²) in [7, 11) is 1.33. The summed E-state index contributed by atoms with van der Waals surface area (Å²) < 4.78 is 18.2. The number of halogens is 1. The molecule has 1 aliphatic rings. The summed E-state index contributed by atoms with van der Waals surface area (Å²) in [4.78, 5) is 24.8. The summed E-state index contributed by atoms with van der Waals surface area (Å²) in [5.41, 5.74) is 0.300. The van der Waals surface area contributed by atoms with Crippen LogP contribution in [0.4, 0.5) is 4.39 Å². The Hall–Kier alpha value is -2.11. The number of piperidine rings is 1. The van der Waals surface area contributed by atoms with Gasteiger partial charge in [0.25, 0.3) is 5.91 Å². The van der Waals surface area contributed by atoms with Gasteiger partial charge in [-0.05, 0) is 31.0 Å². The van der Waals surface area contributed by atoms with Crippen LogP contribution in [-0.2, 0) is 4.79 Å². The van der Waals surface area contributed by atoms with E-state index < -0.39 is 17.7 Å². The Morgan fingerprint density at radius 2 is 2.20 bits per heavy atom. The van der Waals surface area contributed by atoms with Crippen LogP contribution in [0, 0.1) is 11.7 Å². The van der Waals surface area contributed by atoms with Crippen molar-refractivity contribution in [3.05, 3.63) is 29.6 Å². The van der Waals surface area contributed by atoms with E-state index in [-0.39, 0.29) is 18.2 Å². The summed E-state index contributed by atoms with van der Waals surface area (Å²) in [6, 6.07) is 3.89. The van der Waals surface area contributed by atoms with Gasteiger partial charge < -0.3 is 14.7 Å². The fraction of sp³-hybridized carbons (Fsp3) is 0.429. The molecule has 1 N–H and O–H groups in total. The van der Waals surface area contributed by atoms with E-state index >= 15 is 0 Å². The first-order valence-corrected chi connectivity index (χ1v) is 6.38. The van der Waals surface area contributed by atoms with Crippen LogP contribution in [0.3, 0.4) is 0 Å². The number of amides is 1. The molecule has 0 unspecified atom stereocenters. The summed E-state index contributed by atoms with van der Waals surface area (Å²) in [5.74, 6) is -2.25. The summed E-state index contributed by atoms with van der Waals surface area (Å²) >= 11 is 0. The average Bonchev–Trinajstić information content (AvgIpc) is 2.47. The minimum atomic E-state index is -0.890. The number of nitrogens with zero attached hydrogens (tertiary/aromatic N) is 1. The average molecular weight is 281 g/mol. The molecular formula is C14H16FNO4. The number of rotatable bonds is 3. The number of carboxylic acid groups (broad SMARTS) is 1. The van der Waals surface area contributed by atoms with Gasteiger partial charge in [-0.2, -0.15) is 0 Å². The third kappa shape index (κ3) is 2.89. The molecule has 2 rings (SSSR count). The third-order valence-electron chi connectivity index (χ3n) is 3.46. The van der Waals surface area contributed by atoms with Crippen molar-refractivity contribution in [2.24, 2.45) is 5.92 Å². The highest BCUT2D eigenvalue weighted by Crippen LogP contribution is 2.22. The van der Waals surface area contributed by atoms with Crippen LogP contribution < -0.4 is 4.74 Å². The smallest absolute Gasteiger partial charge is 0.308 e. The molecule has 1 aliphatic heterocycles. The second-order valence-electron chi connectivity index (χ2n) is 4.78. The Morgan fingerprint density at radius 1 is 1.45 bits per heavy atom. The minimum absolute atomic E-state index is 0.00245. The Balaban J connectivity index is 2.16. The van der Waals surface area contributed by atoms with E-state index in [9.17, 15) is 14.0 Å². The van der Waals surface area contributed by atoms with E-state index in [0.717, 1.165) is 0 Å². The number of hydrogen-bond acceptors (Lipinski definition) is 3. The Morgan fingerprint density at radius 3 is 2.85 bits per heavy atom. The molecule has 0 spiro atoms. The molecule has 0 saturated carbocycles. The van der Waals surface area contributed by atoms with Gasteiger partial charge in [-0.25, -0.2) is 4.39 Å². The molecule has 1 heterocycles. The predicted octanol–water partition coefficient (Wildman–Crippen LogP) is 1.77. The third-order valence-corrected chi connectivity index (χ3v) is 3.46. The largest absolute Gasteiger partial charge is 0.494 e. The van der Waals surface area contributed by atoms with E-state index in [2.05, 4.69) is 0 Å². The van der Waals surface area contributed by atoms with Crippen molar-refractivity contribution in [3.8, 4) is 5.75 Å². The lowest BCUT2D eigenvalue weighted by atomic mass is 9.97. The fourth-order valence-corrected chi connectivity index (χ4v) is 2.34. The zero-order valence-corrected chi connectivity index (χ0v) is 11.1. The van der Waals surface area contributed by atoms with Crippen molar-refractivity contribution in [1.82, 2.24) is 4.90 Å². The summed E-state index contributed by atoms with van der Waals surface area (Å²) in [6.45, 7) is 0.705. The number of benzene rings is 1. The number of likely N-dealkylation sites (tertiary alicyclic amines) is 1. The quantitative estimate of drug-likeness (QED) is 0.917. The Kier molecular flexibility index (Phi) is 4.22. The van der Waals surface area contributed by atoms with Crippen LogP contribution in [-0.4, -0.2) is 42.1 Å². The second-order valence-corrected chi connectivity index (χ2v) is 4.78. The molecule has 1 atom stereocenters. The van der Waals surface area contributed by atoms with Gasteiger partial charge >= 0.3 is 5.97 Å². The first-order chi connectivity index (χ1) is 9.52. The molecule has 20 heavy (non-hydrogen) atoms. The molecule has 0 bridgehead atoms. The van der Waals surface area contributed by atoms with Crippen molar-refractivity contribution in [2.45, 2.75) is 12.8 Å². The number of aliphatic carboxylic acids is 1. The van der Waals surface area contributed by atoms with Crippen LogP contribution in [0.5, 0.6) is 5.75 Å². The number of carbonyl (C=O) groups excluding carboxylic acids is 1. The predicted molar refractivity (Wildman–Crippen MR) is 69.2 cm³/mol. The van der Waals surface area contributed by atoms with E-state index in [4.69, 9.17) is 9.84 Å². The van der Waals surface area contributed by atoms with Gasteiger partial charge in [0.2, 0.25) is 0 Å². The SMILES string of the molecule is COc1cc(C(=O)N2CCC[C@H](C(=O)O)C2)ccc1F. The molecule has 1 aromatic carbocycles. The van der Waals surface area contributed by atoms with Gasteiger partial charge in [0.1, 0.15) is 0 Å². The van der Waals surface area contributed by atoms with Crippen LogP contribution >= 0.6 is 0 Å². The summed E-state index contributed by atoms with van der Waals surface area (Å²) in [5, 5.41) is 9.02. The number of carbonyl (C=O) groups is 2. The maximum Gasteiger partial charge on any atom is 0.308 e. The monoisotopic (exact) mass is 281 g/mol. The molecule has 1 saturated heterocycles. The number of methoxy groups -OCH3 is 1. The topological polar surface area (TPSA) is 66.8 Å².